The highest BCUT2D eigenvalue weighted by Crippen LogP contribution is 2.29. The fourth-order valence-electron chi connectivity index (χ4n) is 2.45. The Morgan fingerprint density at radius 2 is 1.74 bits per heavy atom. The summed E-state index contributed by atoms with van der Waals surface area (Å²) < 4.78 is 7.41. The van der Waals surface area contributed by atoms with E-state index in [1.54, 1.807) is 11.0 Å². The summed E-state index contributed by atoms with van der Waals surface area (Å²) in [6, 6.07) is 17.1. The molecule has 23 heavy (non-hydrogen) atoms. The quantitative estimate of drug-likeness (QED) is 0.758. The first kappa shape index (κ1) is 15.2. The second-order valence-electron chi connectivity index (χ2n) is 5.42. The molecule has 1 heterocycles. The van der Waals surface area contributed by atoms with Gasteiger partial charge in [-0.25, -0.2) is 9.67 Å². The largest absolute Gasteiger partial charge is 0.457 e. The monoisotopic (exact) mass is 309 g/mol. The number of aromatic nitrogens is 3. The van der Waals surface area contributed by atoms with Gasteiger partial charge in [0.2, 0.25) is 0 Å². The number of hydrogen-bond acceptors (Lipinski definition) is 4. The Labute approximate surface area is 135 Å². The summed E-state index contributed by atoms with van der Waals surface area (Å²) in [5, 5.41) is 15.0. The molecule has 0 bridgehead atoms. The number of hydrogen-bond donors (Lipinski definition) is 1. The predicted molar refractivity (Wildman–Crippen MR) is 87.2 cm³/mol. The van der Waals surface area contributed by atoms with E-state index in [-0.39, 0.29) is 0 Å². The van der Waals surface area contributed by atoms with Crippen molar-refractivity contribution in [3.63, 3.8) is 0 Å². The lowest BCUT2D eigenvalue weighted by Gasteiger charge is -2.27. The number of benzene rings is 2. The van der Waals surface area contributed by atoms with Crippen LogP contribution in [0.2, 0.25) is 0 Å². The van der Waals surface area contributed by atoms with E-state index in [1.165, 1.54) is 6.33 Å². The summed E-state index contributed by atoms with van der Waals surface area (Å²) in [5.41, 5.74) is -0.158. The van der Waals surface area contributed by atoms with Crippen LogP contribution in [0.25, 0.3) is 0 Å². The smallest absolute Gasteiger partial charge is 0.137 e. The van der Waals surface area contributed by atoms with E-state index >= 15 is 0 Å². The van der Waals surface area contributed by atoms with E-state index in [0.717, 1.165) is 17.1 Å². The van der Waals surface area contributed by atoms with E-state index in [0.29, 0.717) is 13.0 Å². The topological polar surface area (TPSA) is 60.2 Å². The number of aliphatic hydroxyl groups is 1. The molecule has 0 aliphatic carbocycles. The molecular formula is C18H19N3O2. The molecule has 2 aromatic carbocycles. The van der Waals surface area contributed by atoms with E-state index in [9.17, 15) is 5.11 Å². The van der Waals surface area contributed by atoms with Gasteiger partial charge in [0.25, 0.3) is 0 Å². The third-order valence-corrected chi connectivity index (χ3v) is 3.85. The molecule has 1 aromatic heterocycles. The van der Waals surface area contributed by atoms with Crippen LogP contribution in [0, 0.1) is 0 Å². The first-order valence-electron chi connectivity index (χ1n) is 7.58. The molecule has 0 aliphatic rings. The van der Waals surface area contributed by atoms with E-state index in [1.807, 2.05) is 61.5 Å². The van der Waals surface area contributed by atoms with Gasteiger partial charge in [0, 0.05) is 0 Å². The van der Waals surface area contributed by atoms with Crippen LogP contribution < -0.4 is 4.74 Å². The average Bonchev–Trinajstić information content (AvgIpc) is 3.09. The van der Waals surface area contributed by atoms with E-state index < -0.39 is 5.60 Å². The van der Waals surface area contributed by atoms with Crippen molar-refractivity contribution in [3.05, 3.63) is 72.8 Å². The third kappa shape index (κ3) is 3.57. The van der Waals surface area contributed by atoms with Crippen LogP contribution in [0.5, 0.6) is 11.5 Å². The van der Waals surface area contributed by atoms with Crippen LogP contribution in [0.3, 0.4) is 0 Å². The first-order valence-corrected chi connectivity index (χ1v) is 7.58. The highest BCUT2D eigenvalue weighted by Gasteiger charge is 2.28. The molecule has 0 radical (unpaired) electrons. The standard InChI is InChI=1S/C18H19N3O2/c1-2-18(22,12-21-14-19-13-20-21)15-8-10-17(11-9-15)23-16-6-4-3-5-7-16/h3-11,13-14,22H,2,12H2,1H3. The Kier molecular flexibility index (Phi) is 4.39. The molecule has 5 heteroatoms. The molecule has 0 saturated carbocycles. The van der Waals surface area contributed by atoms with Gasteiger partial charge in [0.15, 0.2) is 0 Å². The Bertz CT molecular complexity index is 727. The SMILES string of the molecule is CCC(O)(Cn1cncn1)c1ccc(Oc2ccccc2)cc1. The fraction of sp³-hybridized carbons (Fsp3) is 0.222. The molecule has 5 nitrogen and oxygen atoms in total. The molecule has 1 unspecified atom stereocenters. The average molecular weight is 309 g/mol. The summed E-state index contributed by atoms with van der Waals surface area (Å²) in [7, 11) is 0. The van der Waals surface area contributed by atoms with Crippen molar-refractivity contribution in [2.24, 2.45) is 0 Å². The van der Waals surface area contributed by atoms with Crippen LogP contribution in [0.4, 0.5) is 0 Å². The lowest BCUT2D eigenvalue weighted by molar-refractivity contribution is 0.0109. The van der Waals surface area contributed by atoms with Gasteiger partial charge in [-0.3, -0.25) is 0 Å². The number of ether oxygens (including phenoxy) is 1. The Morgan fingerprint density at radius 3 is 2.35 bits per heavy atom. The molecular weight excluding hydrogens is 290 g/mol. The summed E-state index contributed by atoms with van der Waals surface area (Å²) in [5.74, 6) is 1.52. The van der Waals surface area contributed by atoms with Gasteiger partial charge in [0.1, 0.15) is 29.8 Å². The molecule has 1 N–H and O–H groups in total. The highest BCUT2D eigenvalue weighted by molar-refractivity contribution is 5.34. The maximum absolute atomic E-state index is 10.9. The molecule has 0 aliphatic heterocycles. The van der Waals surface area contributed by atoms with Gasteiger partial charge in [-0.15, -0.1) is 0 Å². The van der Waals surface area contributed by atoms with E-state index in [4.69, 9.17) is 4.74 Å². The predicted octanol–water partition coefficient (Wildman–Crippen LogP) is 3.37. The van der Waals surface area contributed by atoms with Crippen LogP contribution in [0.1, 0.15) is 18.9 Å². The maximum atomic E-state index is 10.9. The molecule has 118 valence electrons. The Morgan fingerprint density at radius 1 is 1.04 bits per heavy atom. The summed E-state index contributed by atoms with van der Waals surface area (Å²) in [6.07, 6.45) is 3.64. The number of rotatable bonds is 6. The Hall–Kier alpha value is -2.66. The second-order valence-corrected chi connectivity index (χ2v) is 5.42. The number of nitrogens with zero attached hydrogens (tertiary/aromatic N) is 3. The first-order chi connectivity index (χ1) is 11.2. The zero-order valence-electron chi connectivity index (χ0n) is 13.0. The molecule has 0 amide bonds. The zero-order chi connectivity index (χ0) is 16.1. The molecule has 0 spiro atoms. The normalized spacial score (nSPS) is 13.5. The van der Waals surface area contributed by atoms with Crippen LogP contribution >= 0.6 is 0 Å². The molecule has 1 atom stereocenters. The zero-order valence-corrected chi connectivity index (χ0v) is 13.0. The fourth-order valence-corrected chi connectivity index (χ4v) is 2.45. The van der Waals surface area contributed by atoms with Crippen molar-refractivity contribution in [3.8, 4) is 11.5 Å². The molecule has 3 aromatic rings. The third-order valence-electron chi connectivity index (χ3n) is 3.85. The van der Waals surface area contributed by atoms with Crippen molar-refractivity contribution in [2.75, 3.05) is 0 Å². The minimum absolute atomic E-state index is 0.363. The minimum Gasteiger partial charge on any atom is -0.457 e. The summed E-state index contributed by atoms with van der Waals surface area (Å²) in [6.45, 7) is 2.31. The van der Waals surface area contributed by atoms with Gasteiger partial charge in [-0.05, 0) is 36.2 Å². The van der Waals surface area contributed by atoms with Crippen molar-refractivity contribution in [1.29, 1.82) is 0 Å². The molecule has 0 saturated heterocycles. The van der Waals surface area contributed by atoms with Gasteiger partial charge < -0.3 is 9.84 Å². The lowest BCUT2D eigenvalue weighted by atomic mass is 9.91. The van der Waals surface area contributed by atoms with Crippen LogP contribution in [-0.2, 0) is 12.1 Å². The van der Waals surface area contributed by atoms with Crippen molar-refractivity contribution >= 4 is 0 Å². The minimum atomic E-state index is -0.987. The van der Waals surface area contributed by atoms with Crippen LogP contribution in [-0.4, -0.2) is 19.9 Å². The number of para-hydroxylation sites is 1. The van der Waals surface area contributed by atoms with Crippen molar-refractivity contribution < 1.29 is 9.84 Å². The summed E-state index contributed by atoms with van der Waals surface area (Å²) >= 11 is 0. The highest BCUT2D eigenvalue weighted by atomic mass is 16.5. The van der Waals surface area contributed by atoms with Gasteiger partial charge in [-0.2, -0.15) is 5.10 Å². The van der Waals surface area contributed by atoms with Crippen molar-refractivity contribution in [2.45, 2.75) is 25.5 Å². The van der Waals surface area contributed by atoms with E-state index in [2.05, 4.69) is 10.1 Å². The second kappa shape index (κ2) is 6.62. The summed E-state index contributed by atoms with van der Waals surface area (Å²) in [4.78, 5) is 3.92. The maximum Gasteiger partial charge on any atom is 0.137 e. The molecule has 0 fully saturated rings. The van der Waals surface area contributed by atoms with Gasteiger partial charge in [0.05, 0.1) is 6.54 Å². The van der Waals surface area contributed by atoms with Gasteiger partial charge in [-0.1, -0.05) is 37.3 Å². The Balaban J connectivity index is 1.77. The molecule has 3 rings (SSSR count). The van der Waals surface area contributed by atoms with Gasteiger partial charge >= 0.3 is 0 Å². The lowest BCUT2D eigenvalue weighted by Crippen LogP contribution is -2.30. The van der Waals surface area contributed by atoms with Crippen LogP contribution in [0.15, 0.2) is 67.3 Å². The van der Waals surface area contributed by atoms with Crippen molar-refractivity contribution in [1.82, 2.24) is 14.8 Å².